The van der Waals surface area contributed by atoms with Gasteiger partial charge in [0.05, 0.1) is 0 Å². The molecule has 2 N–H and O–H groups in total. The van der Waals surface area contributed by atoms with Crippen molar-refractivity contribution in [3.05, 3.63) is 35.6 Å². The molecule has 1 aromatic rings. The molecule has 1 aromatic carbocycles. The zero-order chi connectivity index (χ0) is 13.0. The number of hydrogen-bond donors (Lipinski definition) is 1. The molecule has 1 fully saturated rings. The Labute approximate surface area is 107 Å². The summed E-state index contributed by atoms with van der Waals surface area (Å²) in [5.74, 6) is -0.213. The highest BCUT2D eigenvalue weighted by Crippen LogP contribution is 2.38. The Morgan fingerprint density at radius 1 is 1.28 bits per heavy atom. The number of hydrogen-bond acceptors (Lipinski definition) is 1. The van der Waals surface area contributed by atoms with Crippen LogP contribution in [0.1, 0.15) is 50.0 Å². The van der Waals surface area contributed by atoms with E-state index in [1.54, 1.807) is 12.1 Å². The van der Waals surface area contributed by atoms with Crippen LogP contribution in [0.4, 0.5) is 4.39 Å². The molecule has 0 spiro atoms. The minimum absolute atomic E-state index is 0.0519. The molecule has 1 aliphatic rings. The van der Waals surface area contributed by atoms with E-state index >= 15 is 0 Å². The number of halogens is 1. The van der Waals surface area contributed by atoms with Gasteiger partial charge in [0.15, 0.2) is 0 Å². The first-order valence-electron chi connectivity index (χ1n) is 6.71. The van der Waals surface area contributed by atoms with Crippen molar-refractivity contribution in [3.8, 4) is 0 Å². The average molecular weight is 249 g/mol. The average Bonchev–Trinajstić information content (AvgIpc) is 2.38. The smallest absolute Gasteiger partial charge is 0.218 e. The monoisotopic (exact) mass is 249 g/mol. The second-order valence-electron chi connectivity index (χ2n) is 5.20. The van der Waals surface area contributed by atoms with Gasteiger partial charge in [0.2, 0.25) is 5.91 Å². The Morgan fingerprint density at radius 3 is 2.56 bits per heavy atom. The van der Waals surface area contributed by atoms with E-state index in [0.717, 1.165) is 12.8 Å². The van der Waals surface area contributed by atoms with Gasteiger partial charge in [-0.3, -0.25) is 4.79 Å². The normalized spacial score (nSPS) is 18.5. The molecule has 0 saturated heterocycles. The molecular weight excluding hydrogens is 229 g/mol. The van der Waals surface area contributed by atoms with Gasteiger partial charge in [-0.05, 0) is 36.3 Å². The summed E-state index contributed by atoms with van der Waals surface area (Å²) in [6.45, 7) is 0. The lowest BCUT2D eigenvalue weighted by atomic mass is 9.75. The van der Waals surface area contributed by atoms with Gasteiger partial charge in [0.25, 0.3) is 0 Å². The quantitative estimate of drug-likeness (QED) is 0.873. The standard InChI is InChI=1S/C15H20FNO/c16-14-9-5-4-8-12(14)13(10-15(17)18)11-6-2-1-3-7-11/h4-5,8-9,11,13H,1-3,6-7,10H2,(H2,17,18). The van der Waals surface area contributed by atoms with Crippen molar-refractivity contribution in [3.63, 3.8) is 0 Å². The van der Waals surface area contributed by atoms with Gasteiger partial charge in [-0.25, -0.2) is 4.39 Å². The van der Waals surface area contributed by atoms with E-state index in [1.807, 2.05) is 6.07 Å². The predicted molar refractivity (Wildman–Crippen MR) is 69.5 cm³/mol. The van der Waals surface area contributed by atoms with Crippen LogP contribution in [0.5, 0.6) is 0 Å². The number of benzene rings is 1. The molecule has 1 unspecified atom stereocenters. The molecule has 1 amide bonds. The molecule has 1 aliphatic carbocycles. The van der Waals surface area contributed by atoms with Gasteiger partial charge in [-0.2, -0.15) is 0 Å². The highest BCUT2D eigenvalue weighted by molar-refractivity contribution is 5.74. The number of carbonyl (C=O) groups excluding carboxylic acids is 1. The van der Waals surface area contributed by atoms with E-state index in [0.29, 0.717) is 11.5 Å². The highest BCUT2D eigenvalue weighted by atomic mass is 19.1. The molecule has 1 saturated carbocycles. The number of carbonyl (C=O) groups is 1. The third kappa shape index (κ3) is 3.09. The fraction of sp³-hybridized carbons (Fsp3) is 0.533. The molecule has 0 aliphatic heterocycles. The predicted octanol–water partition coefficient (Wildman–Crippen LogP) is 3.37. The number of nitrogens with two attached hydrogens (primary N) is 1. The maximum atomic E-state index is 13.9. The third-order valence-corrected chi connectivity index (χ3v) is 3.94. The molecule has 1 atom stereocenters. The Bertz CT molecular complexity index is 413. The Hall–Kier alpha value is -1.38. The van der Waals surface area contributed by atoms with Crippen LogP contribution in [-0.2, 0) is 4.79 Å². The van der Waals surface area contributed by atoms with Crippen molar-refractivity contribution < 1.29 is 9.18 Å². The van der Waals surface area contributed by atoms with Crippen molar-refractivity contribution >= 4 is 5.91 Å². The van der Waals surface area contributed by atoms with Crippen molar-refractivity contribution in [2.45, 2.75) is 44.4 Å². The summed E-state index contributed by atoms with van der Waals surface area (Å²) in [5.41, 5.74) is 5.98. The van der Waals surface area contributed by atoms with Crippen molar-refractivity contribution in [2.75, 3.05) is 0 Å². The zero-order valence-corrected chi connectivity index (χ0v) is 10.6. The molecule has 2 nitrogen and oxygen atoms in total. The Kier molecular flexibility index (Phi) is 4.34. The molecular formula is C15H20FNO. The summed E-state index contributed by atoms with van der Waals surface area (Å²) in [6.07, 6.45) is 6.00. The molecule has 18 heavy (non-hydrogen) atoms. The Balaban J connectivity index is 2.24. The number of rotatable bonds is 4. The minimum Gasteiger partial charge on any atom is -0.370 e. The number of amides is 1. The highest BCUT2D eigenvalue weighted by Gasteiger charge is 2.28. The fourth-order valence-electron chi connectivity index (χ4n) is 3.06. The second kappa shape index (κ2) is 5.98. The van der Waals surface area contributed by atoms with E-state index < -0.39 is 0 Å². The van der Waals surface area contributed by atoms with E-state index in [1.165, 1.54) is 25.3 Å². The lowest BCUT2D eigenvalue weighted by Gasteiger charge is -2.30. The van der Waals surface area contributed by atoms with Gasteiger partial charge >= 0.3 is 0 Å². The van der Waals surface area contributed by atoms with E-state index in [2.05, 4.69) is 0 Å². The van der Waals surface area contributed by atoms with Gasteiger partial charge < -0.3 is 5.73 Å². The van der Waals surface area contributed by atoms with Crippen molar-refractivity contribution in [1.29, 1.82) is 0 Å². The SMILES string of the molecule is NC(=O)CC(c1ccccc1F)C1CCCCC1. The molecule has 2 rings (SSSR count). The van der Waals surface area contributed by atoms with Crippen LogP contribution in [0.2, 0.25) is 0 Å². The summed E-state index contributed by atoms with van der Waals surface area (Å²) in [6, 6.07) is 6.76. The van der Waals surface area contributed by atoms with Gasteiger partial charge in [0.1, 0.15) is 5.82 Å². The second-order valence-corrected chi connectivity index (χ2v) is 5.20. The van der Waals surface area contributed by atoms with E-state index in [-0.39, 0.29) is 24.1 Å². The maximum Gasteiger partial charge on any atom is 0.218 e. The van der Waals surface area contributed by atoms with Crippen LogP contribution < -0.4 is 5.73 Å². The first kappa shape index (κ1) is 13.1. The largest absolute Gasteiger partial charge is 0.370 e. The van der Waals surface area contributed by atoms with Crippen LogP contribution in [0.25, 0.3) is 0 Å². The Morgan fingerprint density at radius 2 is 1.94 bits per heavy atom. The zero-order valence-electron chi connectivity index (χ0n) is 10.6. The summed E-state index contributed by atoms with van der Waals surface area (Å²) in [4.78, 5) is 11.2. The number of primary amides is 1. The lowest BCUT2D eigenvalue weighted by molar-refractivity contribution is -0.118. The van der Waals surface area contributed by atoms with E-state index in [4.69, 9.17) is 5.73 Å². The van der Waals surface area contributed by atoms with Crippen LogP contribution in [0, 0.1) is 11.7 Å². The molecule has 3 heteroatoms. The first-order chi connectivity index (χ1) is 8.68. The summed E-state index contributed by atoms with van der Waals surface area (Å²) in [7, 11) is 0. The fourth-order valence-corrected chi connectivity index (χ4v) is 3.06. The van der Waals surface area contributed by atoms with Gasteiger partial charge in [0, 0.05) is 6.42 Å². The molecule has 0 aromatic heterocycles. The lowest BCUT2D eigenvalue weighted by Crippen LogP contribution is -2.23. The minimum atomic E-state index is -0.339. The summed E-state index contributed by atoms with van der Waals surface area (Å²) < 4.78 is 13.9. The van der Waals surface area contributed by atoms with Crippen molar-refractivity contribution in [2.24, 2.45) is 11.7 Å². The molecule has 0 bridgehead atoms. The van der Waals surface area contributed by atoms with Crippen LogP contribution >= 0.6 is 0 Å². The van der Waals surface area contributed by atoms with E-state index in [9.17, 15) is 9.18 Å². The molecule has 0 heterocycles. The van der Waals surface area contributed by atoms with Gasteiger partial charge in [-0.1, -0.05) is 37.5 Å². The summed E-state index contributed by atoms with van der Waals surface area (Å²) >= 11 is 0. The van der Waals surface area contributed by atoms with Gasteiger partial charge in [-0.15, -0.1) is 0 Å². The first-order valence-corrected chi connectivity index (χ1v) is 6.71. The third-order valence-electron chi connectivity index (χ3n) is 3.94. The van der Waals surface area contributed by atoms with Crippen LogP contribution in [-0.4, -0.2) is 5.91 Å². The van der Waals surface area contributed by atoms with Crippen LogP contribution in [0.3, 0.4) is 0 Å². The van der Waals surface area contributed by atoms with Crippen LogP contribution in [0.15, 0.2) is 24.3 Å². The maximum absolute atomic E-state index is 13.9. The molecule has 0 radical (unpaired) electrons. The van der Waals surface area contributed by atoms with Crippen molar-refractivity contribution in [1.82, 2.24) is 0 Å². The summed E-state index contributed by atoms with van der Waals surface area (Å²) in [5, 5.41) is 0. The molecule has 98 valence electrons. The topological polar surface area (TPSA) is 43.1 Å².